The van der Waals surface area contributed by atoms with Crippen molar-refractivity contribution in [3.05, 3.63) is 35.4 Å². The summed E-state index contributed by atoms with van der Waals surface area (Å²) >= 11 is 1.69. The number of hydrogen-bond donors (Lipinski definition) is 1. The maximum absolute atomic E-state index is 10.2. The van der Waals surface area contributed by atoms with Crippen LogP contribution in [0, 0.1) is 6.92 Å². The Hall–Kier alpha value is -1.00. The minimum absolute atomic E-state index is 0.273. The SMILES string of the molecule is Cc1ccc(CSCCC(O)CC(=O)[O-])cc1. The summed E-state index contributed by atoms with van der Waals surface area (Å²) in [6.45, 7) is 2.05. The second kappa shape index (κ2) is 7.35. The van der Waals surface area contributed by atoms with Crippen molar-refractivity contribution in [1.29, 1.82) is 0 Å². The van der Waals surface area contributed by atoms with Crippen LogP contribution >= 0.6 is 11.8 Å². The Balaban J connectivity index is 2.15. The van der Waals surface area contributed by atoms with Gasteiger partial charge in [-0.25, -0.2) is 0 Å². The average Bonchev–Trinajstić information content (AvgIpc) is 2.26. The normalized spacial score (nSPS) is 12.4. The van der Waals surface area contributed by atoms with Gasteiger partial charge in [-0.1, -0.05) is 29.8 Å². The maximum Gasteiger partial charge on any atom is 0.0600 e. The van der Waals surface area contributed by atoms with Gasteiger partial charge in [0.1, 0.15) is 0 Å². The van der Waals surface area contributed by atoms with E-state index >= 15 is 0 Å². The van der Waals surface area contributed by atoms with Gasteiger partial charge in [-0.05, 0) is 24.7 Å². The third-order valence-corrected chi connectivity index (χ3v) is 3.45. The summed E-state index contributed by atoms with van der Waals surface area (Å²) in [6, 6.07) is 8.31. The Kier molecular flexibility index (Phi) is 6.08. The first-order valence-corrected chi connectivity index (χ1v) is 6.74. The molecule has 3 nitrogen and oxygen atoms in total. The molecule has 17 heavy (non-hydrogen) atoms. The molecule has 1 aromatic carbocycles. The van der Waals surface area contributed by atoms with Crippen LogP contribution in [0.4, 0.5) is 0 Å². The number of rotatable bonds is 7. The second-order valence-corrected chi connectivity index (χ2v) is 5.16. The lowest BCUT2D eigenvalue weighted by atomic mass is 10.2. The lowest BCUT2D eigenvalue weighted by Gasteiger charge is -2.10. The first kappa shape index (κ1) is 14.1. The van der Waals surface area contributed by atoms with Crippen molar-refractivity contribution in [2.24, 2.45) is 0 Å². The number of aliphatic hydroxyl groups is 1. The topological polar surface area (TPSA) is 60.4 Å². The molecule has 0 aliphatic heterocycles. The lowest BCUT2D eigenvalue weighted by molar-refractivity contribution is -0.307. The van der Waals surface area contributed by atoms with Gasteiger partial charge >= 0.3 is 0 Å². The van der Waals surface area contributed by atoms with Crippen LogP contribution in [0.15, 0.2) is 24.3 Å². The van der Waals surface area contributed by atoms with Crippen molar-refractivity contribution in [3.63, 3.8) is 0 Å². The molecule has 0 saturated carbocycles. The number of aliphatic carboxylic acids is 1. The Morgan fingerprint density at radius 2 is 2.06 bits per heavy atom. The zero-order valence-electron chi connectivity index (χ0n) is 9.89. The number of aryl methyl sites for hydroxylation is 1. The molecule has 0 aliphatic rings. The van der Waals surface area contributed by atoms with E-state index in [1.807, 2.05) is 6.92 Å². The largest absolute Gasteiger partial charge is 0.550 e. The fourth-order valence-corrected chi connectivity index (χ4v) is 2.40. The van der Waals surface area contributed by atoms with E-state index in [0.29, 0.717) is 6.42 Å². The Morgan fingerprint density at radius 3 is 2.65 bits per heavy atom. The highest BCUT2D eigenvalue weighted by molar-refractivity contribution is 7.98. The van der Waals surface area contributed by atoms with Crippen molar-refractivity contribution in [3.8, 4) is 0 Å². The Morgan fingerprint density at radius 1 is 1.41 bits per heavy atom. The smallest absolute Gasteiger partial charge is 0.0600 e. The number of carboxylic acids is 1. The highest BCUT2D eigenvalue weighted by Crippen LogP contribution is 2.15. The molecule has 0 aliphatic carbocycles. The van der Waals surface area contributed by atoms with Crippen LogP contribution in [0.25, 0.3) is 0 Å². The van der Waals surface area contributed by atoms with Crippen LogP contribution in [-0.4, -0.2) is 22.9 Å². The van der Waals surface area contributed by atoms with Gasteiger partial charge in [0.15, 0.2) is 0 Å². The molecule has 0 fully saturated rings. The van der Waals surface area contributed by atoms with Crippen molar-refractivity contribution < 1.29 is 15.0 Å². The van der Waals surface area contributed by atoms with Gasteiger partial charge in [0, 0.05) is 18.1 Å². The number of carbonyl (C=O) groups excluding carboxylic acids is 1. The van der Waals surface area contributed by atoms with Gasteiger partial charge in [0.25, 0.3) is 0 Å². The van der Waals surface area contributed by atoms with Crippen LogP contribution in [0.1, 0.15) is 24.0 Å². The highest BCUT2D eigenvalue weighted by atomic mass is 32.2. The highest BCUT2D eigenvalue weighted by Gasteiger charge is 2.04. The number of benzene rings is 1. The molecular weight excluding hydrogens is 236 g/mol. The van der Waals surface area contributed by atoms with E-state index in [-0.39, 0.29) is 6.42 Å². The summed E-state index contributed by atoms with van der Waals surface area (Å²) in [5.74, 6) is 0.446. The summed E-state index contributed by atoms with van der Waals surface area (Å²) in [6.07, 6.45) is -0.569. The van der Waals surface area contributed by atoms with E-state index in [0.717, 1.165) is 11.5 Å². The summed E-state index contributed by atoms with van der Waals surface area (Å²) in [4.78, 5) is 10.2. The van der Waals surface area contributed by atoms with E-state index < -0.39 is 12.1 Å². The van der Waals surface area contributed by atoms with Gasteiger partial charge < -0.3 is 15.0 Å². The molecule has 94 valence electrons. The zero-order valence-corrected chi connectivity index (χ0v) is 10.7. The van der Waals surface area contributed by atoms with E-state index in [2.05, 4.69) is 24.3 Å². The number of aliphatic hydroxyl groups excluding tert-OH is 1. The molecule has 1 rings (SSSR count). The predicted octanol–water partition coefficient (Wildman–Crippen LogP) is 1.12. The van der Waals surface area contributed by atoms with Crippen LogP contribution < -0.4 is 5.11 Å². The molecule has 0 heterocycles. The van der Waals surface area contributed by atoms with Crippen molar-refractivity contribution >= 4 is 17.7 Å². The molecular formula is C13H17O3S-. The first-order valence-electron chi connectivity index (χ1n) is 5.59. The number of carbonyl (C=O) groups is 1. The molecule has 1 unspecified atom stereocenters. The fraction of sp³-hybridized carbons (Fsp3) is 0.462. The standard InChI is InChI=1S/C13H18O3S/c1-10-2-4-11(5-3-10)9-17-7-6-12(14)8-13(15)16/h2-5,12,14H,6-9H2,1H3,(H,15,16)/p-1. The molecule has 0 radical (unpaired) electrons. The van der Waals surface area contributed by atoms with E-state index in [1.54, 1.807) is 11.8 Å². The minimum atomic E-state index is -1.19. The van der Waals surface area contributed by atoms with Gasteiger partial charge in [0.05, 0.1) is 6.10 Å². The average molecular weight is 253 g/mol. The molecule has 0 aromatic heterocycles. The lowest BCUT2D eigenvalue weighted by Crippen LogP contribution is -2.27. The molecule has 1 aromatic rings. The Labute approximate surface area is 106 Å². The monoisotopic (exact) mass is 253 g/mol. The van der Waals surface area contributed by atoms with Gasteiger partial charge in [0.2, 0.25) is 0 Å². The van der Waals surface area contributed by atoms with E-state index in [1.165, 1.54) is 11.1 Å². The van der Waals surface area contributed by atoms with Crippen molar-refractivity contribution in [1.82, 2.24) is 0 Å². The molecule has 4 heteroatoms. The fourth-order valence-electron chi connectivity index (χ4n) is 1.39. The first-order chi connectivity index (χ1) is 8.08. The Bertz CT molecular complexity index is 348. The van der Waals surface area contributed by atoms with Gasteiger partial charge in [-0.2, -0.15) is 11.8 Å². The summed E-state index contributed by atoms with van der Waals surface area (Å²) in [5, 5.41) is 19.5. The molecule has 0 spiro atoms. The summed E-state index contributed by atoms with van der Waals surface area (Å²) in [7, 11) is 0. The van der Waals surface area contributed by atoms with Crippen LogP contribution in [0.5, 0.6) is 0 Å². The molecule has 1 atom stereocenters. The van der Waals surface area contributed by atoms with E-state index in [4.69, 9.17) is 0 Å². The minimum Gasteiger partial charge on any atom is -0.550 e. The van der Waals surface area contributed by atoms with Gasteiger partial charge in [-0.3, -0.25) is 0 Å². The quantitative estimate of drug-likeness (QED) is 0.740. The third-order valence-electron chi connectivity index (χ3n) is 2.39. The third kappa shape index (κ3) is 6.34. The molecule has 0 saturated heterocycles. The van der Waals surface area contributed by atoms with Crippen molar-refractivity contribution in [2.45, 2.75) is 31.6 Å². The molecule has 0 amide bonds. The number of thioether (sulfide) groups is 1. The zero-order chi connectivity index (χ0) is 12.7. The summed E-state index contributed by atoms with van der Waals surface area (Å²) < 4.78 is 0. The summed E-state index contributed by atoms with van der Waals surface area (Å²) in [5.41, 5.74) is 2.48. The number of hydrogen-bond acceptors (Lipinski definition) is 4. The number of carboxylic acid groups (broad SMARTS) is 1. The van der Waals surface area contributed by atoms with Crippen LogP contribution in [0.3, 0.4) is 0 Å². The second-order valence-electron chi connectivity index (χ2n) is 4.06. The molecule has 1 N–H and O–H groups in total. The molecule has 0 bridgehead atoms. The van der Waals surface area contributed by atoms with Crippen LogP contribution in [0.2, 0.25) is 0 Å². The predicted molar refractivity (Wildman–Crippen MR) is 67.6 cm³/mol. The maximum atomic E-state index is 10.2. The van der Waals surface area contributed by atoms with Gasteiger partial charge in [-0.15, -0.1) is 0 Å². The van der Waals surface area contributed by atoms with Crippen molar-refractivity contribution in [2.75, 3.05) is 5.75 Å². The van der Waals surface area contributed by atoms with E-state index in [9.17, 15) is 15.0 Å². The van der Waals surface area contributed by atoms with Crippen LogP contribution in [-0.2, 0) is 10.5 Å².